The van der Waals surface area contributed by atoms with Crippen molar-refractivity contribution in [3.05, 3.63) is 54.1 Å². The molecule has 21 heavy (non-hydrogen) atoms. The number of carbonyl (C=O) groups excluding carboxylic acids is 2. The van der Waals surface area contributed by atoms with E-state index in [4.69, 9.17) is 4.74 Å². The maximum Gasteiger partial charge on any atom is 0.323 e. The average molecular weight is 284 g/mol. The summed E-state index contributed by atoms with van der Waals surface area (Å²) in [5.74, 6) is -0.0206. The lowest BCUT2D eigenvalue weighted by Crippen LogP contribution is -2.19. The molecule has 0 atom stereocenters. The molecule has 0 bridgehead atoms. The van der Waals surface area contributed by atoms with E-state index in [1.807, 2.05) is 31.2 Å². The van der Waals surface area contributed by atoms with E-state index in [-0.39, 0.29) is 6.03 Å². The molecule has 2 amide bonds. The highest BCUT2D eigenvalue weighted by atomic mass is 16.5. The highest BCUT2D eigenvalue weighted by Crippen LogP contribution is 2.18. The molecular weight excluding hydrogens is 268 g/mol. The Hall–Kier alpha value is -2.82. The molecule has 0 aliphatic rings. The molecule has 0 aliphatic heterocycles. The molecule has 0 radical (unpaired) electrons. The van der Waals surface area contributed by atoms with Gasteiger partial charge < -0.3 is 15.4 Å². The number of aryl methyl sites for hydroxylation is 1. The Morgan fingerprint density at radius 2 is 1.76 bits per heavy atom. The summed E-state index contributed by atoms with van der Waals surface area (Å²) in [6.07, 6.45) is 0. The lowest BCUT2D eigenvalue weighted by atomic mass is 10.2. The second-order valence-corrected chi connectivity index (χ2v) is 4.52. The first kappa shape index (κ1) is 14.6. The van der Waals surface area contributed by atoms with Crippen molar-refractivity contribution in [1.29, 1.82) is 0 Å². The monoisotopic (exact) mass is 284 g/mol. The third-order valence-corrected chi connectivity index (χ3v) is 2.75. The third-order valence-electron chi connectivity index (χ3n) is 2.75. The van der Waals surface area contributed by atoms with Gasteiger partial charge in [-0.3, -0.25) is 4.79 Å². The summed E-state index contributed by atoms with van der Waals surface area (Å²) in [7, 11) is 0. The number of anilines is 2. The number of nitrogens with one attached hydrogen (secondary N) is 2. The zero-order valence-electron chi connectivity index (χ0n) is 11.8. The molecule has 0 aliphatic carbocycles. The van der Waals surface area contributed by atoms with Gasteiger partial charge >= 0.3 is 12.0 Å². The third kappa shape index (κ3) is 4.35. The van der Waals surface area contributed by atoms with Crippen molar-refractivity contribution in [3.63, 3.8) is 0 Å². The fraction of sp³-hybridized carbons (Fsp3) is 0.125. The number of amides is 2. The van der Waals surface area contributed by atoms with Crippen LogP contribution < -0.4 is 15.4 Å². The van der Waals surface area contributed by atoms with Crippen LogP contribution in [-0.2, 0) is 4.79 Å². The second kappa shape index (κ2) is 6.56. The van der Waals surface area contributed by atoms with Crippen LogP contribution in [0.15, 0.2) is 48.5 Å². The summed E-state index contributed by atoms with van der Waals surface area (Å²) in [6, 6.07) is 13.8. The van der Waals surface area contributed by atoms with Gasteiger partial charge in [0.1, 0.15) is 5.75 Å². The Morgan fingerprint density at radius 1 is 1.00 bits per heavy atom. The van der Waals surface area contributed by atoms with E-state index < -0.39 is 5.97 Å². The largest absolute Gasteiger partial charge is 0.427 e. The highest BCUT2D eigenvalue weighted by Gasteiger charge is 2.06. The van der Waals surface area contributed by atoms with Crippen molar-refractivity contribution >= 4 is 23.4 Å². The fourth-order valence-electron chi connectivity index (χ4n) is 1.80. The number of rotatable bonds is 3. The minimum atomic E-state index is -0.406. The standard InChI is InChI=1S/C16H16N2O3/c1-11-6-3-4-9-15(11)18-16(20)17-13-7-5-8-14(10-13)21-12(2)19/h3-10H,1-2H3,(H2,17,18,20). The minimum absolute atomic E-state index is 0.357. The predicted molar refractivity (Wildman–Crippen MR) is 81.6 cm³/mol. The van der Waals surface area contributed by atoms with Gasteiger partial charge in [-0.05, 0) is 30.7 Å². The summed E-state index contributed by atoms with van der Waals surface area (Å²) in [5.41, 5.74) is 2.26. The first-order chi connectivity index (χ1) is 10.0. The average Bonchev–Trinajstić information content (AvgIpc) is 2.41. The number of hydrogen-bond acceptors (Lipinski definition) is 3. The molecule has 2 aromatic rings. The van der Waals surface area contributed by atoms with E-state index in [0.717, 1.165) is 11.3 Å². The summed E-state index contributed by atoms with van der Waals surface area (Å²) >= 11 is 0. The van der Waals surface area contributed by atoms with Crippen LogP contribution in [-0.4, -0.2) is 12.0 Å². The van der Waals surface area contributed by atoms with E-state index in [1.54, 1.807) is 24.3 Å². The Balaban J connectivity index is 2.03. The molecule has 0 unspecified atom stereocenters. The van der Waals surface area contributed by atoms with Crippen LogP contribution in [0.1, 0.15) is 12.5 Å². The first-order valence-electron chi connectivity index (χ1n) is 6.47. The first-order valence-corrected chi connectivity index (χ1v) is 6.47. The van der Waals surface area contributed by atoms with Gasteiger partial charge in [-0.15, -0.1) is 0 Å². The number of esters is 1. The van der Waals surface area contributed by atoms with Gasteiger partial charge in [-0.2, -0.15) is 0 Å². The van der Waals surface area contributed by atoms with Crippen molar-refractivity contribution in [2.24, 2.45) is 0 Å². The van der Waals surface area contributed by atoms with Gasteiger partial charge in [0.2, 0.25) is 0 Å². The normalized spacial score (nSPS) is 9.81. The van der Waals surface area contributed by atoms with Crippen LogP contribution in [0.4, 0.5) is 16.2 Å². The van der Waals surface area contributed by atoms with Gasteiger partial charge in [0.15, 0.2) is 0 Å². The van der Waals surface area contributed by atoms with Gasteiger partial charge in [-0.25, -0.2) is 4.79 Å². The maximum atomic E-state index is 11.9. The molecule has 2 rings (SSSR count). The highest BCUT2D eigenvalue weighted by molar-refractivity contribution is 6.00. The Kier molecular flexibility index (Phi) is 4.56. The number of benzene rings is 2. The SMILES string of the molecule is CC(=O)Oc1cccc(NC(=O)Nc2ccccc2C)c1. The molecule has 2 aromatic carbocycles. The van der Waals surface area contributed by atoms with E-state index in [9.17, 15) is 9.59 Å². The van der Waals surface area contributed by atoms with Crippen molar-refractivity contribution in [1.82, 2.24) is 0 Å². The van der Waals surface area contributed by atoms with Gasteiger partial charge in [0, 0.05) is 24.4 Å². The molecule has 2 N–H and O–H groups in total. The lowest BCUT2D eigenvalue weighted by molar-refractivity contribution is -0.131. The molecule has 5 heteroatoms. The van der Waals surface area contributed by atoms with Crippen molar-refractivity contribution < 1.29 is 14.3 Å². The molecule has 5 nitrogen and oxygen atoms in total. The summed E-state index contributed by atoms with van der Waals surface area (Å²) in [5, 5.41) is 5.45. The lowest BCUT2D eigenvalue weighted by Gasteiger charge is -2.10. The van der Waals surface area contributed by atoms with E-state index in [0.29, 0.717) is 11.4 Å². The topological polar surface area (TPSA) is 67.4 Å². The molecule has 108 valence electrons. The molecule has 0 spiro atoms. The molecule has 0 saturated carbocycles. The Bertz CT molecular complexity index is 668. The van der Waals surface area contributed by atoms with Crippen LogP contribution >= 0.6 is 0 Å². The maximum absolute atomic E-state index is 11.9. The molecule has 0 saturated heterocycles. The fourth-order valence-corrected chi connectivity index (χ4v) is 1.80. The van der Waals surface area contributed by atoms with Crippen LogP contribution in [0.3, 0.4) is 0 Å². The Labute approximate surface area is 122 Å². The van der Waals surface area contributed by atoms with Crippen LogP contribution in [0.5, 0.6) is 5.75 Å². The smallest absolute Gasteiger partial charge is 0.323 e. The Morgan fingerprint density at radius 3 is 2.48 bits per heavy atom. The van der Waals surface area contributed by atoms with Crippen molar-refractivity contribution in [3.8, 4) is 5.75 Å². The van der Waals surface area contributed by atoms with Crippen molar-refractivity contribution in [2.45, 2.75) is 13.8 Å². The molecule has 0 heterocycles. The van der Waals surface area contributed by atoms with Crippen LogP contribution in [0.2, 0.25) is 0 Å². The van der Waals surface area contributed by atoms with Crippen LogP contribution in [0.25, 0.3) is 0 Å². The van der Waals surface area contributed by atoms with Gasteiger partial charge in [0.05, 0.1) is 0 Å². The molecular formula is C16H16N2O3. The number of urea groups is 1. The predicted octanol–water partition coefficient (Wildman–Crippen LogP) is 3.56. The quantitative estimate of drug-likeness (QED) is 0.669. The van der Waals surface area contributed by atoms with E-state index in [1.165, 1.54) is 6.92 Å². The van der Waals surface area contributed by atoms with Gasteiger partial charge in [-0.1, -0.05) is 24.3 Å². The zero-order chi connectivity index (χ0) is 15.2. The van der Waals surface area contributed by atoms with Gasteiger partial charge in [0.25, 0.3) is 0 Å². The summed E-state index contributed by atoms with van der Waals surface area (Å²) in [4.78, 5) is 22.8. The number of ether oxygens (including phenoxy) is 1. The molecule has 0 fully saturated rings. The van der Waals surface area contributed by atoms with E-state index in [2.05, 4.69) is 10.6 Å². The number of hydrogen-bond donors (Lipinski definition) is 2. The number of carbonyl (C=O) groups is 2. The molecule has 0 aromatic heterocycles. The summed E-state index contributed by atoms with van der Waals surface area (Å²) in [6.45, 7) is 3.24. The zero-order valence-corrected chi connectivity index (χ0v) is 11.8. The van der Waals surface area contributed by atoms with Crippen molar-refractivity contribution in [2.75, 3.05) is 10.6 Å². The van der Waals surface area contributed by atoms with E-state index >= 15 is 0 Å². The number of para-hydroxylation sites is 1. The second-order valence-electron chi connectivity index (χ2n) is 4.52. The minimum Gasteiger partial charge on any atom is -0.427 e. The summed E-state index contributed by atoms with van der Waals surface area (Å²) < 4.78 is 4.96. The van der Waals surface area contributed by atoms with Crippen LogP contribution in [0, 0.1) is 6.92 Å².